The van der Waals surface area contributed by atoms with Crippen molar-refractivity contribution in [1.29, 1.82) is 0 Å². The summed E-state index contributed by atoms with van der Waals surface area (Å²) < 4.78 is 0. The van der Waals surface area contributed by atoms with Gasteiger partial charge in [-0.25, -0.2) is 0 Å². The highest BCUT2D eigenvalue weighted by molar-refractivity contribution is 5.73. The summed E-state index contributed by atoms with van der Waals surface area (Å²) in [7, 11) is 0. The molecule has 1 N–H and O–H groups in total. The van der Waals surface area contributed by atoms with E-state index in [1.165, 1.54) is 88.4 Å². The summed E-state index contributed by atoms with van der Waals surface area (Å²) in [6, 6.07) is 9.99. The molecule has 5 rings (SSSR count). The lowest BCUT2D eigenvalue weighted by Gasteiger charge is -2.49. The van der Waals surface area contributed by atoms with Crippen molar-refractivity contribution in [2.24, 2.45) is 11.8 Å². The van der Waals surface area contributed by atoms with Gasteiger partial charge >= 0.3 is 0 Å². The van der Waals surface area contributed by atoms with Crippen molar-refractivity contribution in [3.63, 3.8) is 0 Å². The van der Waals surface area contributed by atoms with Crippen molar-refractivity contribution in [3.8, 4) is 0 Å². The third kappa shape index (κ3) is 3.87. The molecule has 3 aliphatic carbocycles. The van der Waals surface area contributed by atoms with Crippen LogP contribution in [0.2, 0.25) is 0 Å². The van der Waals surface area contributed by atoms with Gasteiger partial charge in [0.15, 0.2) is 0 Å². The number of nitrogens with zero attached hydrogens (tertiary/aromatic N) is 1. The second-order valence-electron chi connectivity index (χ2n) is 10.5. The van der Waals surface area contributed by atoms with Crippen LogP contribution in [-0.4, -0.2) is 29.9 Å². The van der Waals surface area contributed by atoms with Crippen LogP contribution in [0.1, 0.15) is 94.7 Å². The number of benzene rings is 1. The summed E-state index contributed by atoms with van der Waals surface area (Å²) in [6.07, 6.45) is 15.3. The maximum Gasteiger partial charge on any atom is 0.217 e. The summed E-state index contributed by atoms with van der Waals surface area (Å²) in [5.41, 5.74) is 3.24. The molecule has 29 heavy (non-hydrogen) atoms. The number of carbonyl (C=O) groups excluding carboxylic acids is 1. The fourth-order valence-corrected chi connectivity index (χ4v) is 7.30. The van der Waals surface area contributed by atoms with Crippen LogP contribution >= 0.6 is 0 Å². The summed E-state index contributed by atoms with van der Waals surface area (Å²) in [4.78, 5) is 14.6. The zero-order valence-electron chi connectivity index (χ0n) is 18.2. The molecule has 0 radical (unpaired) electrons. The monoisotopic (exact) mass is 394 g/mol. The van der Waals surface area contributed by atoms with Crippen LogP contribution < -0.4 is 5.32 Å². The third-order valence-electron chi connectivity index (χ3n) is 8.93. The molecule has 3 nitrogen and oxygen atoms in total. The number of hydrogen-bond acceptors (Lipinski definition) is 2. The second kappa shape index (κ2) is 8.06. The SMILES string of the molecule is CC(=O)N[C@H]1CCC2(CCN([C@H]3CCC4CC[C@@H](CC3)C4)CC2)c2ccccc21. The molecule has 1 spiro atoms. The summed E-state index contributed by atoms with van der Waals surface area (Å²) in [5, 5.41) is 3.20. The molecular weight excluding hydrogens is 356 g/mol. The van der Waals surface area contributed by atoms with Gasteiger partial charge in [-0.05, 0) is 99.3 Å². The van der Waals surface area contributed by atoms with E-state index < -0.39 is 0 Å². The van der Waals surface area contributed by atoms with Crippen LogP contribution in [0.15, 0.2) is 24.3 Å². The van der Waals surface area contributed by atoms with Crippen LogP contribution in [0.25, 0.3) is 0 Å². The molecule has 4 atom stereocenters. The number of piperidine rings is 1. The van der Waals surface area contributed by atoms with Crippen LogP contribution in [0.5, 0.6) is 0 Å². The Hall–Kier alpha value is -1.35. The lowest BCUT2D eigenvalue weighted by molar-refractivity contribution is -0.119. The van der Waals surface area contributed by atoms with Gasteiger partial charge in [-0.2, -0.15) is 0 Å². The largest absolute Gasteiger partial charge is 0.350 e. The Balaban J connectivity index is 1.28. The molecule has 3 fully saturated rings. The van der Waals surface area contributed by atoms with Crippen molar-refractivity contribution < 1.29 is 4.79 Å². The van der Waals surface area contributed by atoms with Crippen molar-refractivity contribution in [2.75, 3.05) is 13.1 Å². The lowest BCUT2D eigenvalue weighted by Crippen LogP contribution is -2.49. The maximum absolute atomic E-state index is 11.7. The topological polar surface area (TPSA) is 32.3 Å². The van der Waals surface area contributed by atoms with Gasteiger partial charge in [0.05, 0.1) is 6.04 Å². The normalized spacial score (nSPS) is 34.2. The average molecular weight is 395 g/mol. The molecule has 2 bridgehead atoms. The zero-order chi connectivity index (χ0) is 19.8. The molecule has 1 aromatic carbocycles. The first-order chi connectivity index (χ1) is 14.1. The number of fused-ring (bicyclic) bond motifs is 4. The molecular formula is C26H38N2O. The first-order valence-corrected chi connectivity index (χ1v) is 12.2. The predicted molar refractivity (Wildman–Crippen MR) is 118 cm³/mol. The van der Waals surface area contributed by atoms with Crippen LogP contribution in [0.3, 0.4) is 0 Å². The Kier molecular flexibility index (Phi) is 5.45. The zero-order valence-corrected chi connectivity index (χ0v) is 18.2. The fraction of sp³-hybridized carbons (Fsp3) is 0.731. The highest BCUT2D eigenvalue weighted by Gasteiger charge is 2.43. The number of nitrogens with one attached hydrogen (secondary N) is 1. The van der Waals surface area contributed by atoms with Gasteiger partial charge in [0.25, 0.3) is 0 Å². The molecule has 1 aromatic rings. The maximum atomic E-state index is 11.7. The molecule has 1 amide bonds. The Morgan fingerprint density at radius 1 is 0.931 bits per heavy atom. The van der Waals surface area contributed by atoms with E-state index in [9.17, 15) is 4.79 Å². The van der Waals surface area contributed by atoms with Gasteiger partial charge in [0.1, 0.15) is 0 Å². The summed E-state index contributed by atoms with van der Waals surface area (Å²) in [5.74, 6) is 2.17. The first kappa shape index (κ1) is 19.6. The Bertz CT molecular complexity index is 722. The van der Waals surface area contributed by atoms with Crippen LogP contribution in [0.4, 0.5) is 0 Å². The third-order valence-corrected chi connectivity index (χ3v) is 8.93. The first-order valence-electron chi connectivity index (χ1n) is 12.2. The molecule has 1 heterocycles. The highest BCUT2D eigenvalue weighted by atomic mass is 16.1. The Morgan fingerprint density at radius 3 is 2.28 bits per heavy atom. The van der Waals surface area contributed by atoms with Crippen molar-refractivity contribution in [1.82, 2.24) is 10.2 Å². The average Bonchev–Trinajstić information content (AvgIpc) is 3.20. The number of carbonyl (C=O) groups is 1. The minimum absolute atomic E-state index is 0.0915. The van der Waals surface area contributed by atoms with E-state index in [-0.39, 0.29) is 11.9 Å². The van der Waals surface area contributed by atoms with E-state index in [2.05, 4.69) is 34.5 Å². The lowest BCUT2D eigenvalue weighted by atomic mass is 9.63. The molecule has 1 unspecified atom stereocenters. The van der Waals surface area contributed by atoms with E-state index in [0.717, 1.165) is 24.3 Å². The van der Waals surface area contributed by atoms with E-state index in [1.807, 2.05) is 0 Å². The van der Waals surface area contributed by atoms with Crippen molar-refractivity contribution >= 4 is 5.91 Å². The molecule has 3 heteroatoms. The second-order valence-corrected chi connectivity index (χ2v) is 10.5. The highest BCUT2D eigenvalue weighted by Crippen LogP contribution is 2.49. The number of amides is 1. The van der Waals surface area contributed by atoms with Gasteiger partial charge in [-0.15, -0.1) is 0 Å². The van der Waals surface area contributed by atoms with Gasteiger partial charge in [-0.3, -0.25) is 4.79 Å². The van der Waals surface area contributed by atoms with E-state index in [1.54, 1.807) is 6.92 Å². The minimum Gasteiger partial charge on any atom is -0.350 e. The van der Waals surface area contributed by atoms with Crippen molar-refractivity contribution in [2.45, 2.75) is 95.1 Å². The van der Waals surface area contributed by atoms with Gasteiger partial charge < -0.3 is 10.2 Å². The number of rotatable bonds is 2. The quantitative estimate of drug-likeness (QED) is 0.733. The Labute approximate surface area is 176 Å². The van der Waals surface area contributed by atoms with E-state index in [4.69, 9.17) is 0 Å². The molecule has 1 saturated heterocycles. The standard InChI is InChI=1S/C26H38N2O/c1-19(29)27-25-12-13-26(24-5-3-2-4-23(24)25)14-16-28(17-15-26)22-10-8-20-6-7-21(18-20)9-11-22/h2-5,20-22,25H,6-18H2,1H3,(H,27,29)/t20-,21?,22+,25-/m0/s1. The molecule has 1 aliphatic heterocycles. The van der Waals surface area contributed by atoms with E-state index >= 15 is 0 Å². The molecule has 158 valence electrons. The number of hydrogen-bond donors (Lipinski definition) is 1. The van der Waals surface area contributed by atoms with Crippen LogP contribution in [0, 0.1) is 11.8 Å². The smallest absolute Gasteiger partial charge is 0.217 e. The minimum atomic E-state index is 0.0915. The fourth-order valence-electron chi connectivity index (χ4n) is 7.30. The van der Waals surface area contributed by atoms with Gasteiger partial charge in [-0.1, -0.05) is 37.1 Å². The van der Waals surface area contributed by atoms with Gasteiger partial charge in [0.2, 0.25) is 5.91 Å². The molecule has 0 aromatic heterocycles. The van der Waals surface area contributed by atoms with Crippen LogP contribution in [-0.2, 0) is 10.2 Å². The summed E-state index contributed by atoms with van der Waals surface area (Å²) in [6.45, 7) is 4.17. The Morgan fingerprint density at radius 2 is 1.59 bits per heavy atom. The van der Waals surface area contributed by atoms with E-state index in [0.29, 0.717) is 5.41 Å². The molecule has 2 saturated carbocycles. The number of likely N-dealkylation sites (tertiary alicyclic amines) is 1. The molecule has 4 aliphatic rings. The van der Waals surface area contributed by atoms with Crippen molar-refractivity contribution in [3.05, 3.63) is 35.4 Å². The predicted octanol–water partition coefficient (Wildman–Crippen LogP) is 5.35. The summed E-state index contributed by atoms with van der Waals surface area (Å²) >= 11 is 0. The van der Waals surface area contributed by atoms with Gasteiger partial charge in [0, 0.05) is 13.0 Å².